The van der Waals surface area contributed by atoms with Crippen molar-refractivity contribution in [2.45, 2.75) is 6.92 Å². The molecular weight excluding hydrogens is 226 g/mol. The number of hydrogen-bond donors (Lipinski definition) is 3. The quantitative estimate of drug-likeness (QED) is 0.414. The van der Waals surface area contributed by atoms with E-state index >= 15 is 0 Å². The summed E-state index contributed by atoms with van der Waals surface area (Å²) in [4.78, 5) is 0. The van der Waals surface area contributed by atoms with Gasteiger partial charge < -0.3 is 15.6 Å². The summed E-state index contributed by atoms with van der Waals surface area (Å²) in [7, 11) is 0. The van der Waals surface area contributed by atoms with Gasteiger partial charge in [0.25, 0.3) is 0 Å². The van der Waals surface area contributed by atoms with E-state index in [0.717, 1.165) is 5.56 Å². The second-order valence-corrected chi connectivity index (χ2v) is 3.33. The Hall–Kier alpha value is -1.82. The Morgan fingerprint density at radius 1 is 1.69 bits per heavy atom. The number of phenols is 1. The Balaban J connectivity index is 2.77. The lowest BCUT2D eigenvalue weighted by atomic mass is 10.2. The van der Waals surface area contributed by atoms with Crippen molar-refractivity contribution in [2.75, 3.05) is 6.61 Å². The van der Waals surface area contributed by atoms with E-state index in [1.165, 1.54) is 12.3 Å². The van der Waals surface area contributed by atoms with Crippen molar-refractivity contribution in [3.8, 4) is 11.5 Å². The molecule has 6 heteroatoms. The summed E-state index contributed by atoms with van der Waals surface area (Å²) in [6, 6.07) is 4.90. The summed E-state index contributed by atoms with van der Waals surface area (Å²) in [6.45, 7) is 2.33. The molecule has 0 aromatic heterocycles. The first-order valence-electron chi connectivity index (χ1n) is 4.67. The van der Waals surface area contributed by atoms with Gasteiger partial charge in [-0.25, -0.2) is 0 Å². The third-order valence-electron chi connectivity index (χ3n) is 1.67. The molecule has 1 rings (SSSR count). The summed E-state index contributed by atoms with van der Waals surface area (Å²) in [5.74, 6) is 0.517. The normalized spacial score (nSPS) is 10.3. The lowest BCUT2D eigenvalue weighted by Gasteiger charge is -2.05. The first-order chi connectivity index (χ1) is 7.63. The van der Waals surface area contributed by atoms with E-state index in [4.69, 9.17) is 10.5 Å². The fraction of sp³-hybridized carbons (Fsp3) is 0.200. The minimum absolute atomic E-state index is 0.0973. The molecule has 0 unspecified atom stereocenters. The molecule has 1 aromatic carbocycles. The molecule has 0 bridgehead atoms. The maximum absolute atomic E-state index is 9.45. The first kappa shape index (κ1) is 12.3. The van der Waals surface area contributed by atoms with Gasteiger partial charge >= 0.3 is 0 Å². The van der Waals surface area contributed by atoms with Crippen molar-refractivity contribution in [3.05, 3.63) is 23.8 Å². The average Bonchev–Trinajstić information content (AvgIpc) is 2.22. The molecule has 0 heterocycles. The van der Waals surface area contributed by atoms with Crippen LogP contribution in [0.4, 0.5) is 0 Å². The van der Waals surface area contributed by atoms with Crippen molar-refractivity contribution < 1.29 is 9.84 Å². The van der Waals surface area contributed by atoms with Gasteiger partial charge in [0, 0.05) is 0 Å². The largest absolute Gasteiger partial charge is 0.504 e. The van der Waals surface area contributed by atoms with Crippen molar-refractivity contribution in [1.82, 2.24) is 5.43 Å². The molecule has 0 spiro atoms. The highest BCUT2D eigenvalue weighted by molar-refractivity contribution is 7.80. The predicted octanol–water partition coefficient (Wildman–Crippen LogP) is 0.958. The number of nitrogens with one attached hydrogen (secondary N) is 1. The number of nitrogens with zero attached hydrogens (tertiary/aromatic N) is 1. The molecule has 0 aliphatic carbocycles. The maximum atomic E-state index is 9.45. The van der Waals surface area contributed by atoms with Crippen LogP contribution in [0.2, 0.25) is 0 Å². The summed E-state index contributed by atoms with van der Waals surface area (Å²) in [5.41, 5.74) is 8.40. The summed E-state index contributed by atoms with van der Waals surface area (Å²) < 4.78 is 5.22. The molecular formula is C10H13N3O2S. The van der Waals surface area contributed by atoms with Crippen molar-refractivity contribution in [2.24, 2.45) is 10.8 Å². The van der Waals surface area contributed by atoms with E-state index in [1.54, 1.807) is 12.1 Å². The first-order valence-corrected chi connectivity index (χ1v) is 5.08. The van der Waals surface area contributed by atoms with Crippen molar-refractivity contribution in [3.63, 3.8) is 0 Å². The number of rotatable bonds is 4. The molecule has 0 fully saturated rings. The van der Waals surface area contributed by atoms with Crippen LogP contribution < -0.4 is 15.9 Å². The van der Waals surface area contributed by atoms with Gasteiger partial charge in [0.05, 0.1) is 12.8 Å². The minimum Gasteiger partial charge on any atom is -0.504 e. The van der Waals surface area contributed by atoms with Crippen LogP contribution in [0.5, 0.6) is 11.5 Å². The second kappa shape index (κ2) is 5.92. The number of hydrogen-bond acceptors (Lipinski definition) is 4. The van der Waals surface area contributed by atoms with Gasteiger partial charge in [-0.05, 0) is 42.9 Å². The van der Waals surface area contributed by atoms with Crippen LogP contribution in [0.3, 0.4) is 0 Å². The monoisotopic (exact) mass is 239 g/mol. The summed E-state index contributed by atoms with van der Waals surface area (Å²) in [6.07, 6.45) is 1.53. The number of phenolic OH excluding ortho intramolecular Hbond substituents is 1. The van der Waals surface area contributed by atoms with Crippen LogP contribution in [-0.4, -0.2) is 23.0 Å². The van der Waals surface area contributed by atoms with Gasteiger partial charge in [0.15, 0.2) is 16.6 Å². The molecule has 0 aliphatic heterocycles. The highest BCUT2D eigenvalue weighted by Crippen LogP contribution is 2.25. The van der Waals surface area contributed by atoms with Gasteiger partial charge in [-0.3, -0.25) is 5.43 Å². The van der Waals surface area contributed by atoms with Crippen LogP contribution in [0.1, 0.15) is 12.5 Å². The number of benzene rings is 1. The summed E-state index contributed by atoms with van der Waals surface area (Å²) in [5, 5.41) is 13.3. The van der Waals surface area contributed by atoms with Gasteiger partial charge in [-0.1, -0.05) is 0 Å². The summed E-state index contributed by atoms with van der Waals surface area (Å²) >= 11 is 4.59. The third-order valence-corrected chi connectivity index (χ3v) is 1.76. The van der Waals surface area contributed by atoms with E-state index in [0.29, 0.717) is 12.4 Å². The molecule has 1 aromatic rings. The van der Waals surface area contributed by atoms with Crippen LogP contribution in [0, 0.1) is 0 Å². The molecule has 0 amide bonds. The molecule has 86 valence electrons. The van der Waals surface area contributed by atoms with Gasteiger partial charge in [-0.15, -0.1) is 0 Å². The van der Waals surface area contributed by atoms with Crippen LogP contribution in [0.15, 0.2) is 23.3 Å². The van der Waals surface area contributed by atoms with Crippen LogP contribution >= 0.6 is 12.2 Å². The highest BCUT2D eigenvalue weighted by Gasteiger charge is 2.01. The standard InChI is InChI=1S/C10H13N3O2S/c1-2-15-9-5-7(3-4-8(9)14)6-12-13-10(11)16/h3-6,14H,2H2,1H3,(H3,11,13,16)/b12-6-. The lowest BCUT2D eigenvalue weighted by molar-refractivity contribution is 0.318. The highest BCUT2D eigenvalue weighted by atomic mass is 32.1. The fourth-order valence-corrected chi connectivity index (χ4v) is 1.11. The zero-order chi connectivity index (χ0) is 12.0. The Bertz CT molecular complexity index is 407. The number of thiocarbonyl (C=S) groups is 1. The molecule has 4 N–H and O–H groups in total. The van der Waals surface area contributed by atoms with Gasteiger partial charge in [-0.2, -0.15) is 5.10 Å². The number of ether oxygens (including phenoxy) is 1. The Kier molecular flexibility index (Phi) is 4.53. The Labute approximate surface area is 98.9 Å². The van der Waals surface area contributed by atoms with Crippen molar-refractivity contribution in [1.29, 1.82) is 0 Å². The second-order valence-electron chi connectivity index (χ2n) is 2.89. The van der Waals surface area contributed by atoms with Gasteiger partial charge in [0.1, 0.15) is 0 Å². The third kappa shape index (κ3) is 3.74. The zero-order valence-electron chi connectivity index (χ0n) is 8.80. The Morgan fingerprint density at radius 3 is 3.06 bits per heavy atom. The molecule has 5 nitrogen and oxygen atoms in total. The molecule has 0 radical (unpaired) electrons. The van der Waals surface area contributed by atoms with E-state index in [9.17, 15) is 5.11 Å². The number of hydrazone groups is 1. The van der Waals surface area contributed by atoms with Crippen LogP contribution in [-0.2, 0) is 0 Å². The molecule has 0 atom stereocenters. The SMILES string of the molecule is CCOc1cc(/C=N\NC(N)=S)ccc1O. The minimum atomic E-state index is 0.0973. The van der Waals surface area contributed by atoms with Gasteiger partial charge in [0.2, 0.25) is 0 Å². The predicted molar refractivity (Wildman–Crippen MR) is 66.8 cm³/mol. The molecule has 0 saturated carbocycles. The van der Waals surface area contributed by atoms with E-state index in [-0.39, 0.29) is 10.9 Å². The smallest absolute Gasteiger partial charge is 0.184 e. The lowest BCUT2D eigenvalue weighted by Crippen LogP contribution is -2.23. The average molecular weight is 239 g/mol. The number of aromatic hydroxyl groups is 1. The van der Waals surface area contributed by atoms with E-state index < -0.39 is 0 Å². The fourth-order valence-electron chi connectivity index (χ4n) is 1.05. The topological polar surface area (TPSA) is 79.9 Å². The van der Waals surface area contributed by atoms with E-state index in [2.05, 4.69) is 22.7 Å². The maximum Gasteiger partial charge on any atom is 0.184 e. The van der Waals surface area contributed by atoms with Crippen molar-refractivity contribution >= 4 is 23.5 Å². The molecule has 0 aliphatic rings. The molecule has 0 saturated heterocycles. The molecule has 16 heavy (non-hydrogen) atoms. The zero-order valence-corrected chi connectivity index (χ0v) is 9.62. The van der Waals surface area contributed by atoms with E-state index in [1.807, 2.05) is 6.92 Å². The number of nitrogens with two attached hydrogens (primary N) is 1. The Morgan fingerprint density at radius 2 is 2.44 bits per heavy atom. The van der Waals surface area contributed by atoms with Crippen LogP contribution in [0.25, 0.3) is 0 Å².